The fourth-order valence-corrected chi connectivity index (χ4v) is 3.33. The average Bonchev–Trinajstić information content (AvgIpc) is 2.98. The topological polar surface area (TPSA) is 76.0 Å². The van der Waals surface area contributed by atoms with Crippen LogP contribution in [0.4, 0.5) is 5.69 Å². The number of hydrogen-bond acceptors (Lipinski definition) is 5. The van der Waals surface area contributed by atoms with Crippen molar-refractivity contribution in [1.29, 1.82) is 0 Å². The van der Waals surface area contributed by atoms with Crippen LogP contribution in [-0.2, 0) is 14.3 Å². The molecular weight excluding hydrogens is 388 g/mol. The lowest BCUT2D eigenvalue weighted by molar-refractivity contribution is -0.135. The third-order valence-corrected chi connectivity index (χ3v) is 4.78. The van der Waals surface area contributed by atoms with Gasteiger partial charge in [0, 0.05) is 16.7 Å². The predicted octanol–water partition coefficient (Wildman–Crippen LogP) is 3.67. The van der Waals surface area contributed by atoms with E-state index in [1.54, 1.807) is 54.6 Å². The zero-order chi connectivity index (χ0) is 19.4. The van der Waals surface area contributed by atoms with Gasteiger partial charge in [-0.2, -0.15) is 4.99 Å². The second kappa shape index (κ2) is 8.20. The van der Waals surface area contributed by atoms with Crippen LogP contribution in [0.15, 0.2) is 70.6 Å². The van der Waals surface area contributed by atoms with Crippen LogP contribution < -0.4 is 4.90 Å². The number of hydrogen-bond donors (Lipinski definition) is 0. The molecule has 136 valence electrons. The number of amidine groups is 1. The molecular formula is C19H13ClN2O4S. The number of aliphatic imine (C=N–C) groups is 1. The molecule has 0 unspecified atom stereocenters. The molecule has 0 atom stereocenters. The van der Waals surface area contributed by atoms with Crippen LogP contribution in [-0.4, -0.2) is 30.1 Å². The standard InChI is InChI=1S/C19H13ClN2O4S/c1-26-16(23)11-15-18(25)22(14-9-7-13(20)8-10-14)19(27-15)21-17(24)12-5-3-2-4-6-12/h2-11H,1H3/b15-11+,21-19?. The van der Waals surface area contributed by atoms with Crippen molar-refractivity contribution in [2.45, 2.75) is 0 Å². The lowest BCUT2D eigenvalue weighted by Gasteiger charge is -2.15. The second-order valence-corrected chi connectivity index (χ2v) is 6.76. The number of ether oxygens (including phenoxy) is 1. The molecule has 2 aromatic carbocycles. The number of carbonyl (C=O) groups is 3. The molecule has 0 N–H and O–H groups in total. The van der Waals surface area contributed by atoms with Gasteiger partial charge in [0.15, 0.2) is 5.17 Å². The van der Waals surface area contributed by atoms with E-state index in [0.717, 1.165) is 17.8 Å². The largest absolute Gasteiger partial charge is 0.466 e. The molecule has 1 aliphatic heterocycles. The molecule has 0 bridgehead atoms. The maximum absolute atomic E-state index is 12.8. The molecule has 1 aliphatic rings. The second-order valence-electron chi connectivity index (χ2n) is 5.32. The summed E-state index contributed by atoms with van der Waals surface area (Å²) in [5.74, 6) is -1.64. The van der Waals surface area contributed by atoms with E-state index < -0.39 is 17.8 Å². The normalized spacial score (nSPS) is 16.8. The lowest BCUT2D eigenvalue weighted by Crippen LogP contribution is -2.29. The number of rotatable bonds is 3. The average molecular weight is 401 g/mol. The Hall–Kier alpha value is -2.90. The maximum atomic E-state index is 12.8. The first kappa shape index (κ1) is 18.9. The summed E-state index contributed by atoms with van der Waals surface area (Å²) in [5.41, 5.74) is 0.865. The summed E-state index contributed by atoms with van der Waals surface area (Å²) in [5, 5.41) is 0.647. The Morgan fingerprint density at radius 1 is 1.11 bits per heavy atom. The van der Waals surface area contributed by atoms with Gasteiger partial charge in [0.05, 0.1) is 17.7 Å². The van der Waals surface area contributed by atoms with Crippen molar-refractivity contribution >= 4 is 52.0 Å². The number of anilines is 1. The highest BCUT2D eigenvalue weighted by atomic mass is 35.5. The fraction of sp³-hybridized carbons (Fsp3) is 0.0526. The van der Waals surface area contributed by atoms with Crippen LogP contribution in [0.1, 0.15) is 10.4 Å². The van der Waals surface area contributed by atoms with Crippen molar-refractivity contribution in [3.05, 3.63) is 76.2 Å². The highest BCUT2D eigenvalue weighted by Crippen LogP contribution is 2.35. The van der Waals surface area contributed by atoms with Crippen molar-refractivity contribution in [2.24, 2.45) is 4.99 Å². The molecule has 1 saturated heterocycles. The van der Waals surface area contributed by atoms with Gasteiger partial charge < -0.3 is 4.74 Å². The van der Waals surface area contributed by atoms with Crippen molar-refractivity contribution in [3.63, 3.8) is 0 Å². The van der Waals surface area contributed by atoms with Crippen LogP contribution in [0.25, 0.3) is 0 Å². The van der Waals surface area contributed by atoms with Gasteiger partial charge >= 0.3 is 5.97 Å². The van der Waals surface area contributed by atoms with E-state index in [4.69, 9.17) is 11.6 Å². The first-order valence-corrected chi connectivity index (χ1v) is 8.94. The number of halogens is 1. The first-order chi connectivity index (χ1) is 13.0. The maximum Gasteiger partial charge on any atom is 0.331 e. The predicted molar refractivity (Wildman–Crippen MR) is 105 cm³/mol. The Morgan fingerprint density at radius 3 is 2.41 bits per heavy atom. The van der Waals surface area contributed by atoms with E-state index in [1.165, 1.54) is 12.0 Å². The van der Waals surface area contributed by atoms with E-state index in [0.29, 0.717) is 16.3 Å². The van der Waals surface area contributed by atoms with Crippen LogP contribution in [0.3, 0.4) is 0 Å². The van der Waals surface area contributed by atoms with Gasteiger partial charge in [-0.25, -0.2) is 4.79 Å². The summed E-state index contributed by atoms with van der Waals surface area (Å²) in [6.45, 7) is 0. The van der Waals surface area contributed by atoms with Gasteiger partial charge in [-0.3, -0.25) is 14.5 Å². The SMILES string of the molecule is COC(=O)/C=C1/SC(=NC(=O)c2ccccc2)N(c2ccc(Cl)cc2)C1=O. The summed E-state index contributed by atoms with van der Waals surface area (Å²) < 4.78 is 4.58. The molecule has 3 rings (SSSR count). The van der Waals surface area contributed by atoms with Gasteiger partial charge in [-0.15, -0.1) is 0 Å². The van der Waals surface area contributed by atoms with Gasteiger partial charge in [-0.1, -0.05) is 29.8 Å². The monoisotopic (exact) mass is 400 g/mol. The summed E-state index contributed by atoms with van der Waals surface area (Å²) in [6, 6.07) is 15.0. The first-order valence-electron chi connectivity index (χ1n) is 7.75. The van der Waals surface area contributed by atoms with Gasteiger partial charge in [-0.05, 0) is 48.2 Å². The van der Waals surface area contributed by atoms with E-state index in [9.17, 15) is 14.4 Å². The van der Waals surface area contributed by atoms with E-state index in [1.807, 2.05) is 0 Å². The molecule has 27 heavy (non-hydrogen) atoms. The molecule has 0 aromatic heterocycles. The van der Waals surface area contributed by atoms with Crippen molar-refractivity contribution in [2.75, 3.05) is 12.0 Å². The molecule has 0 spiro atoms. The highest BCUT2D eigenvalue weighted by molar-refractivity contribution is 8.19. The molecule has 8 heteroatoms. The third kappa shape index (κ3) is 4.27. The Kier molecular flexibility index (Phi) is 5.73. The third-order valence-electron chi connectivity index (χ3n) is 3.56. The van der Waals surface area contributed by atoms with Crippen molar-refractivity contribution in [1.82, 2.24) is 0 Å². The number of thioether (sulfide) groups is 1. The molecule has 2 aromatic rings. The molecule has 0 saturated carbocycles. The molecule has 2 amide bonds. The number of methoxy groups -OCH3 is 1. The molecule has 6 nitrogen and oxygen atoms in total. The summed E-state index contributed by atoms with van der Waals surface area (Å²) in [7, 11) is 1.22. The van der Waals surface area contributed by atoms with E-state index >= 15 is 0 Å². The number of benzene rings is 2. The summed E-state index contributed by atoms with van der Waals surface area (Å²) in [6.07, 6.45) is 1.07. The van der Waals surface area contributed by atoms with Gasteiger partial charge in [0.2, 0.25) is 0 Å². The zero-order valence-electron chi connectivity index (χ0n) is 14.1. The quantitative estimate of drug-likeness (QED) is 0.580. The van der Waals surface area contributed by atoms with E-state index in [2.05, 4.69) is 9.73 Å². The molecule has 1 fully saturated rings. The Bertz CT molecular complexity index is 955. The van der Waals surface area contributed by atoms with Crippen molar-refractivity contribution < 1.29 is 19.1 Å². The van der Waals surface area contributed by atoms with Crippen LogP contribution >= 0.6 is 23.4 Å². The molecule has 0 aliphatic carbocycles. The lowest BCUT2D eigenvalue weighted by atomic mass is 10.2. The minimum absolute atomic E-state index is 0.108. The van der Waals surface area contributed by atoms with E-state index in [-0.39, 0.29) is 10.1 Å². The number of nitrogens with zero attached hydrogens (tertiary/aromatic N) is 2. The number of carbonyl (C=O) groups excluding carboxylic acids is 3. The molecule has 1 heterocycles. The number of amides is 2. The Morgan fingerprint density at radius 2 is 1.78 bits per heavy atom. The summed E-state index contributed by atoms with van der Waals surface area (Å²) >= 11 is 6.83. The minimum atomic E-state index is -0.669. The fourth-order valence-electron chi connectivity index (χ4n) is 2.26. The zero-order valence-corrected chi connectivity index (χ0v) is 15.7. The van der Waals surface area contributed by atoms with Gasteiger partial charge in [0.25, 0.3) is 11.8 Å². The van der Waals surface area contributed by atoms with Gasteiger partial charge in [0.1, 0.15) is 0 Å². The van der Waals surface area contributed by atoms with Crippen molar-refractivity contribution in [3.8, 4) is 0 Å². The minimum Gasteiger partial charge on any atom is -0.466 e. The van der Waals surface area contributed by atoms with Crippen LogP contribution in [0.5, 0.6) is 0 Å². The van der Waals surface area contributed by atoms with Crippen LogP contribution in [0, 0.1) is 0 Å². The smallest absolute Gasteiger partial charge is 0.331 e. The number of esters is 1. The Labute approximate surface area is 164 Å². The van der Waals surface area contributed by atoms with Crippen LogP contribution in [0.2, 0.25) is 5.02 Å². The Balaban J connectivity index is 2.02. The summed E-state index contributed by atoms with van der Waals surface area (Å²) in [4.78, 5) is 42.2. The molecule has 0 radical (unpaired) electrons. The highest BCUT2D eigenvalue weighted by Gasteiger charge is 2.36.